The average molecular weight is 390 g/mol. The minimum atomic E-state index is -3.51. The molecule has 1 aromatic heterocycles. The van der Waals surface area contributed by atoms with Gasteiger partial charge in [-0.1, -0.05) is 6.07 Å². The third-order valence-corrected chi connectivity index (χ3v) is 5.95. The smallest absolute Gasteiger partial charge is 0.242 e. The highest BCUT2D eigenvalue weighted by Crippen LogP contribution is 2.23. The Morgan fingerprint density at radius 1 is 1.15 bits per heavy atom. The molecule has 0 aliphatic carbocycles. The molecule has 7 nitrogen and oxygen atoms in total. The van der Waals surface area contributed by atoms with E-state index in [1.165, 1.54) is 18.4 Å². The van der Waals surface area contributed by atoms with E-state index in [0.29, 0.717) is 10.8 Å². The van der Waals surface area contributed by atoms with Crippen molar-refractivity contribution in [3.63, 3.8) is 0 Å². The number of H-pyrrole nitrogens is 1. The Bertz CT molecular complexity index is 1070. The maximum Gasteiger partial charge on any atom is 0.242 e. The van der Waals surface area contributed by atoms with E-state index in [4.69, 9.17) is 12.2 Å². The number of benzene rings is 2. The van der Waals surface area contributed by atoms with Gasteiger partial charge in [0, 0.05) is 30.9 Å². The second-order valence-corrected chi connectivity index (χ2v) is 8.58. The lowest BCUT2D eigenvalue weighted by molar-refractivity contribution is 0.521. The second-order valence-electron chi connectivity index (χ2n) is 6.02. The summed E-state index contributed by atoms with van der Waals surface area (Å²) in [6, 6.07) is 10.6. The number of fused-ring (bicyclic) bond motifs is 1. The fourth-order valence-electron chi connectivity index (χ4n) is 2.41. The van der Waals surface area contributed by atoms with E-state index in [1.807, 2.05) is 25.1 Å². The van der Waals surface area contributed by atoms with Crippen molar-refractivity contribution >= 4 is 49.6 Å². The number of aromatic nitrogens is 2. The standard InChI is InChI=1S/C17H19N5O2S2/c1-11-4-7-14(26(23,24)22(2)3)9-15(11)20-17(25)19-13-6-5-12-10-18-21-16(12)8-13/h4-10H,1-3H3,(H,18,21)(H2,19,20,25). The molecule has 9 heteroatoms. The monoisotopic (exact) mass is 389 g/mol. The molecule has 0 radical (unpaired) electrons. The number of thiocarbonyl (C=S) groups is 1. The molecule has 0 bridgehead atoms. The third-order valence-electron chi connectivity index (χ3n) is 3.94. The van der Waals surface area contributed by atoms with E-state index >= 15 is 0 Å². The van der Waals surface area contributed by atoms with E-state index in [2.05, 4.69) is 20.8 Å². The fraction of sp³-hybridized carbons (Fsp3) is 0.176. The van der Waals surface area contributed by atoms with E-state index in [-0.39, 0.29) is 4.90 Å². The van der Waals surface area contributed by atoms with Gasteiger partial charge in [0.1, 0.15) is 0 Å². The van der Waals surface area contributed by atoms with Crippen molar-refractivity contribution in [3.8, 4) is 0 Å². The van der Waals surface area contributed by atoms with Gasteiger partial charge in [-0.15, -0.1) is 0 Å². The Morgan fingerprint density at radius 2 is 1.92 bits per heavy atom. The van der Waals surface area contributed by atoms with Crippen molar-refractivity contribution in [3.05, 3.63) is 48.2 Å². The zero-order valence-corrected chi connectivity index (χ0v) is 16.2. The normalized spacial score (nSPS) is 11.7. The molecular weight excluding hydrogens is 370 g/mol. The lowest BCUT2D eigenvalue weighted by atomic mass is 10.2. The summed E-state index contributed by atoms with van der Waals surface area (Å²) in [6.07, 6.45) is 1.75. The SMILES string of the molecule is Cc1ccc(S(=O)(=O)N(C)C)cc1NC(=S)Nc1ccc2cn[nH]c2c1. The van der Waals surface area contributed by atoms with E-state index < -0.39 is 10.0 Å². The van der Waals surface area contributed by atoms with Crippen LogP contribution in [-0.2, 0) is 10.0 Å². The van der Waals surface area contributed by atoms with Crippen LogP contribution in [0, 0.1) is 6.92 Å². The van der Waals surface area contributed by atoms with Gasteiger partial charge in [0.25, 0.3) is 0 Å². The Hall–Kier alpha value is -2.49. The molecule has 26 heavy (non-hydrogen) atoms. The molecular formula is C17H19N5O2S2. The lowest BCUT2D eigenvalue weighted by Gasteiger charge is -2.16. The van der Waals surface area contributed by atoms with E-state index in [0.717, 1.165) is 22.2 Å². The first kappa shape index (κ1) is 18.3. The minimum Gasteiger partial charge on any atom is -0.332 e. The van der Waals surface area contributed by atoms with Crippen LogP contribution in [0.5, 0.6) is 0 Å². The molecule has 0 aliphatic heterocycles. The van der Waals surface area contributed by atoms with Crippen LogP contribution in [0.1, 0.15) is 5.56 Å². The zero-order valence-electron chi connectivity index (χ0n) is 14.6. The Kier molecular flexibility index (Phi) is 4.94. The Labute approximate surface area is 157 Å². The summed E-state index contributed by atoms with van der Waals surface area (Å²) in [5, 5.41) is 14.4. The zero-order chi connectivity index (χ0) is 18.9. The predicted octanol–water partition coefficient (Wildman–Crippen LogP) is 2.93. The molecule has 0 amide bonds. The van der Waals surface area contributed by atoms with Crippen LogP contribution < -0.4 is 10.6 Å². The molecule has 0 saturated heterocycles. The minimum absolute atomic E-state index is 0.206. The summed E-state index contributed by atoms with van der Waals surface area (Å²) in [7, 11) is -0.510. The van der Waals surface area contributed by atoms with Gasteiger partial charge in [-0.2, -0.15) is 5.10 Å². The largest absolute Gasteiger partial charge is 0.332 e. The first-order valence-electron chi connectivity index (χ1n) is 7.82. The molecule has 3 rings (SSSR count). The first-order valence-corrected chi connectivity index (χ1v) is 9.66. The lowest BCUT2D eigenvalue weighted by Crippen LogP contribution is -2.23. The molecule has 0 aliphatic rings. The number of rotatable bonds is 4. The molecule has 136 valence electrons. The highest BCUT2D eigenvalue weighted by molar-refractivity contribution is 7.89. The van der Waals surface area contributed by atoms with Crippen molar-refractivity contribution < 1.29 is 8.42 Å². The molecule has 1 heterocycles. The molecule has 3 N–H and O–H groups in total. The topological polar surface area (TPSA) is 90.1 Å². The molecule has 0 saturated carbocycles. The fourth-order valence-corrected chi connectivity index (χ4v) is 3.56. The van der Waals surface area contributed by atoms with Gasteiger partial charge in [0.2, 0.25) is 10.0 Å². The maximum absolute atomic E-state index is 12.3. The van der Waals surface area contributed by atoms with Crippen molar-refractivity contribution in [2.45, 2.75) is 11.8 Å². The van der Waals surface area contributed by atoms with Crippen molar-refractivity contribution in [1.82, 2.24) is 14.5 Å². The number of nitrogens with one attached hydrogen (secondary N) is 3. The summed E-state index contributed by atoms with van der Waals surface area (Å²) >= 11 is 5.36. The van der Waals surface area contributed by atoms with Gasteiger partial charge < -0.3 is 10.6 Å². The summed E-state index contributed by atoms with van der Waals surface area (Å²) in [4.78, 5) is 0.206. The predicted molar refractivity (Wildman–Crippen MR) is 108 cm³/mol. The number of aryl methyl sites for hydroxylation is 1. The van der Waals surface area contributed by atoms with Gasteiger partial charge in [-0.25, -0.2) is 12.7 Å². The molecule has 0 fully saturated rings. The van der Waals surface area contributed by atoms with Crippen molar-refractivity contribution in [1.29, 1.82) is 0 Å². The summed E-state index contributed by atoms with van der Waals surface area (Å²) < 4.78 is 25.8. The van der Waals surface area contributed by atoms with Crippen LogP contribution in [0.3, 0.4) is 0 Å². The van der Waals surface area contributed by atoms with Crippen molar-refractivity contribution in [2.24, 2.45) is 0 Å². The summed E-state index contributed by atoms with van der Waals surface area (Å²) in [6.45, 7) is 1.88. The Morgan fingerprint density at radius 3 is 2.65 bits per heavy atom. The van der Waals surface area contributed by atoms with Crippen molar-refractivity contribution in [2.75, 3.05) is 24.7 Å². The van der Waals surface area contributed by atoms with Crippen LogP contribution in [-0.4, -0.2) is 42.1 Å². The molecule has 3 aromatic rings. The highest BCUT2D eigenvalue weighted by Gasteiger charge is 2.18. The molecule has 2 aromatic carbocycles. The third kappa shape index (κ3) is 3.69. The van der Waals surface area contributed by atoms with Crippen LogP contribution in [0.4, 0.5) is 11.4 Å². The van der Waals surface area contributed by atoms with Gasteiger partial charge in [-0.3, -0.25) is 5.10 Å². The number of aromatic amines is 1. The van der Waals surface area contributed by atoms with Crippen LogP contribution in [0.15, 0.2) is 47.5 Å². The van der Waals surface area contributed by atoms with Crippen LogP contribution in [0.25, 0.3) is 10.9 Å². The molecule has 0 spiro atoms. The number of anilines is 2. The number of hydrogen-bond donors (Lipinski definition) is 3. The quantitative estimate of drug-likeness (QED) is 0.595. The van der Waals surface area contributed by atoms with Gasteiger partial charge in [0.15, 0.2) is 5.11 Å². The number of nitrogens with zero attached hydrogens (tertiary/aromatic N) is 2. The molecule has 0 atom stereocenters. The second kappa shape index (κ2) is 7.02. The van der Waals surface area contributed by atoms with Gasteiger partial charge in [-0.05, 0) is 55.0 Å². The maximum atomic E-state index is 12.3. The van der Waals surface area contributed by atoms with Gasteiger partial charge in [0.05, 0.1) is 16.6 Å². The average Bonchev–Trinajstić information content (AvgIpc) is 3.04. The Balaban J connectivity index is 1.80. The number of sulfonamides is 1. The van der Waals surface area contributed by atoms with E-state index in [9.17, 15) is 8.42 Å². The van der Waals surface area contributed by atoms with E-state index in [1.54, 1.807) is 24.4 Å². The van der Waals surface area contributed by atoms with Gasteiger partial charge >= 0.3 is 0 Å². The summed E-state index contributed by atoms with van der Waals surface area (Å²) in [5.74, 6) is 0. The first-order chi connectivity index (χ1) is 12.3. The highest BCUT2D eigenvalue weighted by atomic mass is 32.2. The summed E-state index contributed by atoms with van der Waals surface area (Å²) in [5.41, 5.74) is 3.21. The number of hydrogen-bond acceptors (Lipinski definition) is 4. The van der Waals surface area contributed by atoms with Crippen LogP contribution >= 0.6 is 12.2 Å². The van der Waals surface area contributed by atoms with Crippen LogP contribution in [0.2, 0.25) is 0 Å². The molecule has 0 unspecified atom stereocenters.